The molecule has 3 amide bonds. The zero-order valence-corrected chi connectivity index (χ0v) is 13.6. The van der Waals surface area contributed by atoms with Gasteiger partial charge >= 0.3 is 12.2 Å². The lowest BCUT2D eigenvalue weighted by Gasteiger charge is -2.17. The molecule has 0 atom stereocenters. The molecule has 0 aliphatic heterocycles. The number of nitrogens with two attached hydrogens (primary N) is 1. The van der Waals surface area contributed by atoms with Crippen LogP contribution in [0.2, 0.25) is 0 Å². The number of hydrogen-bond donors (Lipinski definition) is 3. The van der Waals surface area contributed by atoms with E-state index in [2.05, 4.69) is 18.1 Å². The smallest absolute Gasteiger partial charge is 0.366 e. The molecule has 25 heavy (non-hydrogen) atoms. The van der Waals surface area contributed by atoms with E-state index in [4.69, 9.17) is 5.73 Å². The maximum absolute atomic E-state index is 12.7. The van der Waals surface area contributed by atoms with E-state index in [9.17, 15) is 22.8 Å². The molecular weight excluding hydrogens is 355 g/mol. The molecule has 2 aromatic carbocycles. The fourth-order valence-electron chi connectivity index (χ4n) is 1.99. The van der Waals surface area contributed by atoms with Gasteiger partial charge in [0.2, 0.25) is 5.91 Å². The highest BCUT2D eigenvalue weighted by molar-refractivity contribution is 7.82. The van der Waals surface area contributed by atoms with Crippen LogP contribution in [-0.4, -0.2) is 11.9 Å². The zero-order chi connectivity index (χ0) is 18.6. The number of anilines is 1. The average molecular weight is 369 g/mol. The molecule has 0 fully saturated rings. The number of rotatable bonds is 4. The van der Waals surface area contributed by atoms with E-state index in [1.807, 2.05) is 0 Å². The Kier molecular flexibility index (Phi) is 5.58. The van der Waals surface area contributed by atoms with Crippen molar-refractivity contribution in [3.63, 3.8) is 0 Å². The van der Waals surface area contributed by atoms with E-state index in [0.29, 0.717) is 11.3 Å². The minimum atomic E-state index is -4.45. The lowest BCUT2D eigenvalue weighted by Crippen LogP contribution is -2.33. The van der Waals surface area contributed by atoms with E-state index in [0.717, 1.165) is 16.4 Å². The molecule has 5 nitrogen and oxygen atoms in total. The number of carbonyl (C=O) groups excluding carboxylic acids is 2. The Hall–Kier alpha value is -2.68. The van der Waals surface area contributed by atoms with Crippen molar-refractivity contribution in [3.8, 4) is 0 Å². The van der Waals surface area contributed by atoms with E-state index in [1.54, 1.807) is 0 Å². The molecule has 0 unspecified atom stereocenters. The fourth-order valence-corrected chi connectivity index (χ4v) is 2.20. The Balaban J connectivity index is 2.01. The Bertz CT molecular complexity index is 779. The summed E-state index contributed by atoms with van der Waals surface area (Å²) in [5, 5.41) is 2.46. The van der Waals surface area contributed by atoms with Gasteiger partial charge in [-0.1, -0.05) is 24.9 Å². The number of urea groups is 1. The second kappa shape index (κ2) is 7.47. The first-order valence-corrected chi connectivity index (χ1v) is 7.41. The minimum absolute atomic E-state index is 0.0980. The third-order valence-corrected chi connectivity index (χ3v) is 3.70. The van der Waals surface area contributed by atoms with Crippen LogP contribution in [-0.2, 0) is 12.7 Å². The number of hydrogen-bond acceptors (Lipinski definition) is 3. The molecule has 0 heterocycles. The lowest BCUT2D eigenvalue weighted by molar-refractivity contribution is -0.137. The second-order valence-electron chi connectivity index (χ2n) is 5.08. The molecule has 0 aliphatic carbocycles. The average Bonchev–Trinajstić information content (AvgIpc) is 2.58. The predicted molar refractivity (Wildman–Crippen MR) is 90.1 cm³/mol. The zero-order valence-electron chi connectivity index (χ0n) is 12.7. The molecule has 0 aliphatic rings. The van der Waals surface area contributed by atoms with Crippen molar-refractivity contribution < 1.29 is 22.8 Å². The fraction of sp³-hybridized carbons (Fsp3) is 0.125. The minimum Gasteiger partial charge on any atom is -0.366 e. The van der Waals surface area contributed by atoms with Crippen LogP contribution in [0.25, 0.3) is 0 Å². The highest BCUT2D eigenvalue weighted by Crippen LogP contribution is 2.29. The van der Waals surface area contributed by atoms with Gasteiger partial charge in [0.05, 0.1) is 11.3 Å². The molecule has 0 saturated heterocycles. The number of benzene rings is 2. The number of alkyl halides is 3. The highest BCUT2D eigenvalue weighted by atomic mass is 32.1. The van der Waals surface area contributed by atoms with Crippen LogP contribution < -0.4 is 15.4 Å². The number of nitrogens with one attached hydrogen (secondary N) is 1. The SMILES string of the molecule is NC(=O)c1ccc(N(S)C(=O)NCc2cccc(C(F)(F)F)c2)cc1. The normalized spacial score (nSPS) is 11.0. The third-order valence-electron chi connectivity index (χ3n) is 3.29. The molecule has 132 valence electrons. The molecule has 3 N–H and O–H groups in total. The number of primary amides is 1. The van der Waals surface area contributed by atoms with Gasteiger partial charge in [0, 0.05) is 12.1 Å². The maximum atomic E-state index is 12.7. The molecule has 0 bridgehead atoms. The summed E-state index contributed by atoms with van der Waals surface area (Å²) < 4.78 is 39.0. The van der Waals surface area contributed by atoms with Gasteiger partial charge in [-0.05, 0) is 42.0 Å². The summed E-state index contributed by atoms with van der Waals surface area (Å²) in [6.07, 6.45) is -4.45. The standard InChI is InChI=1S/C16H14F3N3O2S/c17-16(18,19)12-3-1-2-10(8-12)9-21-15(24)22(25)13-6-4-11(5-7-13)14(20)23/h1-8,25H,9H2,(H2,20,23)(H,21,24). The van der Waals surface area contributed by atoms with Crippen molar-refractivity contribution in [2.45, 2.75) is 12.7 Å². The molecule has 9 heteroatoms. The van der Waals surface area contributed by atoms with Crippen LogP contribution in [0.15, 0.2) is 48.5 Å². The van der Waals surface area contributed by atoms with Crippen molar-refractivity contribution in [2.24, 2.45) is 5.73 Å². The number of halogens is 3. The van der Waals surface area contributed by atoms with Gasteiger partial charge in [-0.25, -0.2) is 9.10 Å². The molecule has 0 spiro atoms. The monoisotopic (exact) mass is 369 g/mol. The number of thiol groups is 1. The van der Waals surface area contributed by atoms with Crippen LogP contribution in [0, 0.1) is 0 Å². The Morgan fingerprint density at radius 1 is 1.12 bits per heavy atom. The van der Waals surface area contributed by atoms with E-state index in [1.165, 1.54) is 36.4 Å². The van der Waals surface area contributed by atoms with Crippen LogP contribution in [0.5, 0.6) is 0 Å². The largest absolute Gasteiger partial charge is 0.416 e. The molecular formula is C16H14F3N3O2S. The van der Waals surface area contributed by atoms with Crippen LogP contribution >= 0.6 is 12.8 Å². The van der Waals surface area contributed by atoms with E-state index >= 15 is 0 Å². The number of amides is 3. The highest BCUT2D eigenvalue weighted by Gasteiger charge is 2.30. The van der Waals surface area contributed by atoms with E-state index < -0.39 is 23.7 Å². The quantitative estimate of drug-likeness (QED) is 0.723. The molecule has 2 rings (SSSR count). The first kappa shape index (κ1) is 18.7. The Morgan fingerprint density at radius 3 is 2.32 bits per heavy atom. The summed E-state index contributed by atoms with van der Waals surface area (Å²) in [6, 6.07) is 9.83. The third kappa shape index (κ3) is 4.90. The molecule has 0 saturated carbocycles. The van der Waals surface area contributed by atoms with Gasteiger partial charge in [-0.2, -0.15) is 13.2 Å². The first-order valence-electron chi connectivity index (χ1n) is 7.01. The van der Waals surface area contributed by atoms with E-state index in [-0.39, 0.29) is 12.1 Å². The lowest BCUT2D eigenvalue weighted by atomic mass is 10.1. The van der Waals surface area contributed by atoms with Gasteiger partial charge in [-0.15, -0.1) is 0 Å². The van der Waals surface area contributed by atoms with Gasteiger partial charge in [0.1, 0.15) is 0 Å². The van der Waals surface area contributed by atoms with Crippen molar-refractivity contribution in [1.29, 1.82) is 0 Å². The van der Waals surface area contributed by atoms with Crippen molar-refractivity contribution in [3.05, 3.63) is 65.2 Å². The van der Waals surface area contributed by atoms with Crippen LogP contribution in [0.4, 0.5) is 23.7 Å². The summed E-state index contributed by atoms with van der Waals surface area (Å²) in [4.78, 5) is 23.0. The van der Waals surface area contributed by atoms with Crippen molar-refractivity contribution >= 4 is 30.4 Å². The predicted octanol–water partition coefficient (Wildman–Crippen LogP) is 3.37. The summed E-state index contributed by atoms with van der Waals surface area (Å²) in [5.74, 6) is -0.605. The second-order valence-corrected chi connectivity index (χ2v) is 5.48. The maximum Gasteiger partial charge on any atom is 0.416 e. The molecule has 0 aromatic heterocycles. The van der Waals surface area contributed by atoms with Crippen molar-refractivity contribution in [1.82, 2.24) is 5.32 Å². The van der Waals surface area contributed by atoms with Gasteiger partial charge in [-0.3, -0.25) is 4.79 Å². The van der Waals surface area contributed by atoms with Crippen LogP contribution in [0.3, 0.4) is 0 Å². The summed E-state index contributed by atoms with van der Waals surface area (Å²) >= 11 is 4.04. The summed E-state index contributed by atoms with van der Waals surface area (Å²) in [5.41, 5.74) is 5.28. The van der Waals surface area contributed by atoms with Gasteiger partial charge in [0.15, 0.2) is 0 Å². The Morgan fingerprint density at radius 2 is 1.76 bits per heavy atom. The van der Waals surface area contributed by atoms with Crippen molar-refractivity contribution in [2.75, 3.05) is 4.31 Å². The molecule has 0 radical (unpaired) electrons. The first-order chi connectivity index (χ1) is 11.7. The van der Waals surface area contributed by atoms with Gasteiger partial charge in [0.25, 0.3) is 0 Å². The van der Waals surface area contributed by atoms with Crippen LogP contribution in [0.1, 0.15) is 21.5 Å². The topological polar surface area (TPSA) is 75.4 Å². The number of carbonyl (C=O) groups is 2. The molecule has 2 aromatic rings. The Labute approximate surface area is 147 Å². The number of nitrogens with zero attached hydrogens (tertiary/aromatic N) is 1. The summed E-state index contributed by atoms with van der Waals surface area (Å²) in [7, 11) is 0. The van der Waals surface area contributed by atoms with Gasteiger partial charge < -0.3 is 11.1 Å². The summed E-state index contributed by atoms with van der Waals surface area (Å²) in [6.45, 7) is -0.0980.